The van der Waals surface area contributed by atoms with E-state index >= 15 is 0 Å². The molecule has 0 amide bonds. The fraction of sp³-hybridized carbons (Fsp3) is 0.688. The Morgan fingerprint density at radius 1 is 1.39 bits per heavy atom. The third kappa shape index (κ3) is 2.74. The molecule has 1 atom stereocenters. The fourth-order valence-corrected chi connectivity index (χ4v) is 3.27. The summed E-state index contributed by atoms with van der Waals surface area (Å²) in [5.74, 6) is 0. The van der Waals surface area contributed by atoms with Crippen molar-refractivity contribution in [3.63, 3.8) is 0 Å². The first kappa shape index (κ1) is 13.5. The maximum absolute atomic E-state index is 4.34. The molecule has 2 rings (SSSR count). The number of aromatic nitrogens is 1. The van der Waals surface area contributed by atoms with Crippen LogP contribution in [0.1, 0.15) is 63.1 Å². The average molecular weight is 246 g/mol. The van der Waals surface area contributed by atoms with E-state index in [-0.39, 0.29) is 0 Å². The SMILES string of the molecule is CCCNC(c1cnccc1C)C1(C)CCCC1. The zero-order chi connectivity index (χ0) is 13.0. The largest absolute Gasteiger partial charge is 0.309 e. The van der Waals surface area contributed by atoms with Gasteiger partial charge in [0.1, 0.15) is 0 Å². The van der Waals surface area contributed by atoms with Crippen molar-refractivity contribution >= 4 is 0 Å². The highest BCUT2D eigenvalue weighted by Crippen LogP contribution is 2.47. The summed E-state index contributed by atoms with van der Waals surface area (Å²) in [6.07, 6.45) is 10.6. The molecule has 1 saturated carbocycles. The molecular weight excluding hydrogens is 220 g/mol. The number of nitrogens with zero attached hydrogens (tertiary/aromatic N) is 1. The van der Waals surface area contributed by atoms with Gasteiger partial charge in [0.05, 0.1) is 0 Å². The highest BCUT2D eigenvalue weighted by Gasteiger charge is 2.38. The summed E-state index contributed by atoms with van der Waals surface area (Å²) >= 11 is 0. The second kappa shape index (κ2) is 5.83. The van der Waals surface area contributed by atoms with Crippen molar-refractivity contribution in [1.29, 1.82) is 0 Å². The molecule has 1 aromatic heterocycles. The molecule has 0 saturated heterocycles. The molecule has 1 fully saturated rings. The lowest BCUT2D eigenvalue weighted by atomic mass is 9.76. The van der Waals surface area contributed by atoms with Crippen molar-refractivity contribution < 1.29 is 0 Å². The van der Waals surface area contributed by atoms with Gasteiger partial charge in [0.15, 0.2) is 0 Å². The van der Waals surface area contributed by atoms with E-state index < -0.39 is 0 Å². The molecule has 1 aliphatic carbocycles. The van der Waals surface area contributed by atoms with Crippen LogP contribution in [0.5, 0.6) is 0 Å². The molecule has 1 heterocycles. The van der Waals surface area contributed by atoms with E-state index in [0.29, 0.717) is 11.5 Å². The second-order valence-corrected chi connectivity index (χ2v) is 5.98. The van der Waals surface area contributed by atoms with Crippen molar-refractivity contribution in [2.75, 3.05) is 6.54 Å². The quantitative estimate of drug-likeness (QED) is 0.849. The summed E-state index contributed by atoms with van der Waals surface area (Å²) in [5.41, 5.74) is 3.17. The fourth-order valence-electron chi connectivity index (χ4n) is 3.27. The first-order chi connectivity index (χ1) is 8.67. The Kier molecular flexibility index (Phi) is 4.39. The van der Waals surface area contributed by atoms with Gasteiger partial charge in [-0.1, -0.05) is 26.7 Å². The molecule has 18 heavy (non-hydrogen) atoms. The van der Waals surface area contributed by atoms with Gasteiger partial charge in [0.25, 0.3) is 0 Å². The molecule has 0 radical (unpaired) electrons. The van der Waals surface area contributed by atoms with Crippen molar-refractivity contribution in [3.8, 4) is 0 Å². The van der Waals surface area contributed by atoms with Crippen LogP contribution in [0, 0.1) is 12.3 Å². The van der Waals surface area contributed by atoms with Crippen LogP contribution in [-0.4, -0.2) is 11.5 Å². The third-order valence-electron chi connectivity index (χ3n) is 4.43. The lowest BCUT2D eigenvalue weighted by Crippen LogP contribution is -2.35. The number of hydrogen-bond donors (Lipinski definition) is 1. The summed E-state index contributed by atoms with van der Waals surface area (Å²) in [5, 5.41) is 3.77. The molecule has 1 aliphatic rings. The Morgan fingerprint density at radius 2 is 2.11 bits per heavy atom. The number of nitrogens with one attached hydrogen (secondary N) is 1. The van der Waals surface area contributed by atoms with E-state index in [2.05, 4.69) is 43.3 Å². The van der Waals surface area contributed by atoms with Crippen molar-refractivity contribution in [3.05, 3.63) is 29.6 Å². The summed E-state index contributed by atoms with van der Waals surface area (Å²) in [6, 6.07) is 2.60. The maximum Gasteiger partial charge on any atom is 0.0392 e. The number of pyridine rings is 1. The molecule has 0 spiro atoms. The minimum atomic E-state index is 0.406. The zero-order valence-corrected chi connectivity index (χ0v) is 12.0. The summed E-state index contributed by atoms with van der Waals surface area (Å²) in [7, 11) is 0. The highest BCUT2D eigenvalue weighted by molar-refractivity contribution is 5.27. The summed E-state index contributed by atoms with van der Waals surface area (Å²) in [6.45, 7) is 7.97. The standard InChI is InChI=1S/C16H26N2/c1-4-10-18-15(16(3)8-5-6-9-16)14-12-17-11-7-13(14)2/h7,11-12,15,18H,4-6,8-10H2,1-3H3. The summed E-state index contributed by atoms with van der Waals surface area (Å²) in [4.78, 5) is 4.34. The normalized spacial score (nSPS) is 19.9. The molecule has 0 aromatic carbocycles. The van der Waals surface area contributed by atoms with E-state index in [9.17, 15) is 0 Å². The lowest BCUT2D eigenvalue weighted by Gasteiger charge is -2.36. The monoisotopic (exact) mass is 246 g/mol. The Balaban J connectivity index is 2.27. The molecule has 100 valence electrons. The number of hydrogen-bond acceptors (Lipinski definition) is 2. The topological polar surface area (TPSA) is 24.9 Å². The van der Waals surface area contributed by atoms with Gasteiger partial charge in [-0.15, -0.1) is 0 Å². The van der Waals surface area contributed by atoms with Crippen molar-refractivity contribution in [2.45, 2.75) is 58.9 Å². The van der Waals surface area contributed by atoms with Gasteiger partial charge in [0, 0.05) is 18.4 Å². The van der Waals surface area contributed by atoms with E-state index in [1.54, 1.807) is 0 Å². The minimum Gasteiger partial charge on any atom is -0.309 e. The number of rotatable bonds is 5. The van der Waals surface area contributed by atoms with E-state index in [1.807, 2.05) is 6.20 Å². The van der Waals surface area contributed by atoms with E-state index in [0.717, 1.165) is 6.54 Å². The molecule has 2 heteroatoms. The predicted octanol–water partition coefficient (Wildman–Crippen LogP) is 4.01. The molecule has 2 nitrogen and oxygen atoms in total. The van der Waals surface area contributed by atoms with E-state index in [1.165, 1.54) is 43.2 Å². The Labute approximate surface area is 111 Å². The van der Waals surface area contributed by atoms with Gasteiger partial charge in [-0.25, -0.2) is 0 Å². The minimum absolute atomic E-state index is 0.406. The Morgan fingerprint density at radius 3 is 2.72 bits per heavy atom. The van der Waals surface area contributed by atoms with Crippen LogP contribution in [0.4, 0.5) is 0 Å². The van der Waals surface area contributed by atoms with Gasteiger partial charge in [0.2, 0.25) is 0 Å². The van der Waals surface area contributed by atoms with Gasteiger partial charge in [-0.3, -0.25) is 4.98 Å². The Hall–Kier alpha value is -0.890. The predicted molar refractivity (Wildman–Crippen MR) is 76.6 cm³/mol. The van der Waals surface area contributed by atoms with Crippen LogP contribution in [0.25, 0.3) is 0 Å². The molecule has 1 unspecified atom stereocenters. The first-order valence-electron chi connectivity index (χ1n) is 7.31. The van der Waals surface area contributed by atoms with Crippen molar-refractivity contribution in [2.24, 2.45) is 5.41 Å². The van der Waals surface area contributed by atoms with Crippen molar-refractivity contribution in [1.82, 2.24) is 10.3 Å². The zero-order valence-electron chi connectivity index (χ0n) is 12.0. The molecule has 0 aliphatic heterocycles. The van der Waals surface area contributed by atoms with Gasteiger partial charge in [-0.2, -0.15) is 0 Å². The molecule has 0 bridgehead atoms. The van der Waals surface area contributed by atoms with Crippen LogP contribution in [0.15, 0.2) is 18.5 Å². The maximum atomic E-state index is 4.34. The van der Waals surface area contributed by atoms with Crippen LogP contribution < -0.4 is 5.32 Å². The molecular formula is C16H26N2. The third-order valence-corrected chi connectivity index (χ3v) is 4.43. The van der Waals surface area contributed by atoms with Crippen LogP contribution in [0.2, 0.25) is 0 Å². The summed E-state index contributed by atoms with van der Waals surface area (Å²) < 4.78 is 0. The Bertz CT molecular complexity index is 380. The smallest absolute Gasteiger partial charge is 0.0392 e. The molecule has 1 N–H and O–H groups in total. The first-order valence-corrected chi connectivity index (χ1v) is 7.31. The average Bonchev–Trinajstić information content (AvgIpc) is 2.80. The highest BCUT2D eigenvalue weighted by atomic mass is 14.9. The van der Waals surface area contributed by atoms with Gasteiger partial charge < -0.3 is 5.32 Å². The van der Waals surface area contributed by atoms with Crippen LogP contribution >= 0.6 is 0 Å². The second-order valence-electron chi connectivity index (χ2n) is 5.98. The van der Waals surface area contributed by atoms with E-state index in [4.69, 9.17) is 0 Å². The van der Waals surface area contributed by atoms with Crippen LogP contribution in [-0.2, 0) is 0 Å². The van der Waals surface area contributed by atoms with Gasteiger partial charge >= 0.3 is 0 Å². The van der Waals surface area contributed by atoms with Crippen LogP contribution in [0.3, 0.4) is 0 Å². The molecule has 1 aromatic rings. The van der Waals surface area contributed by atoms with Gasteiger partial charge in [-0.05, 0) is 55.3 Å². The number of aryl methyl sites for hydroxylation is 1. The lowest BCUT2D eigenvalue weighted by molar-refractivity contribution is 0.222.